The van der Waals surface area contributed by atoms with Crippen LogP contribution >= 0.6 is 23.2 Å². The van der Waals surface area contributed by atoms with E-state index in [-0.39, 0.29) is 17.3 Å². The number of amides is 2. The number of nitrogens with zero attached hydrogens (tertiary/aromatic N) is 1. The molecule has 1 aliphatic rings. The van der Waals surface area contributed by atoms with Crippen LogP contribution in [0.3, 0.4) is 0 Å². The van der Waals surface area contributed by atoms with Crippen LogP contribution in [-0.2, 0) is 16.1 Å². The predicted molar refractivity (Wildman–Crippen MR) is 101 cm³/mol. The van der Waals surface area contributed by atoms with Crippen LogP contribution < -0.4 is 10.1 Å². The maximum atomic E-state index is 12.7. The lowest BCUT2D eigenvalue weighted by molar-refractivity contribution is -0.138. The Hall–Kier alpha value is -2.50. The summed E-state index contributed by atoms with van der Waals surface area (Å²) in [5, 5.41) is 3.38. The Morgan fingerprint density at radius 1 is 1.04 bits per heavy atom. The van der Waals surface area contributed by atoms with E-state index in [0.29, 0.717) is 23.1 Å². The minimum Gasteiger partial charge on any atom is -0.494 e. The Balaban J connectivity index is 1.78. The number of rotatable bonds is 6. The van der Waals surface area contributed by atoms with Crippen molar-refractivity contribution < 1.29 is 14.3 Å². The summed E-state index contributed by atoms with van der Waals surface area (Å²) in [4.78, 5) is 26.1. The van der Waals surface area contributed by atoms with E-state index in [0.717, 1.165) is 10.5 Å². The van der Waals surface area contributed by atoms with Crippen LogP contribution in [0.25, 0.3) is 0 Å². The number of carbonyl (C=O) groups is 2. The van der Waals surface area contributed by atoms with Crippen LogP contribution in [0.1, 0.15) is 12.5 Å². The zero-order chi connectivity index (χ0) is 18.7. The molecule has 0 saturated heterocycles. The Morgan fingerprint density at radius 3 is 2.46 bits per heavy atom. The first-order valence-electron chi connectivity index (χ1n) is 8.00. The largest absolute Gasteiger partial charge is 0.494 e. The number of carbonyl (C=O) groups excluding carboxylic acids is 2. The lowest BCUT2D eigenvalue weighted by Gasteiger charge is -2.15. The van der Waals surface area contributed by atoms with E-state index in [9.17, 15) is 9.59 Å². The molecule has 0 fully saturated rings. The number of hydrogen-bond donors (Lipinski definition) is 1. The second-order valence-electron chi connectivity index (χ2n) is 5.60. The molecule has 0 aromatic heterocycles. The number of nitrogens with one attached hydrogen (secondary N) is 1. The molecule has 0 atom stereocenters. The molecule has 1 heterocycles. The van der Waals surface area contributed by atoms with Gasteiger partial charge in [0.15, 0.2) is 0 Å². The third kappa shape index (κ3) is 3.84. The van der Waals surface area contributed by atoms with E-state index >= 15 is 0 Å². The molecule has 7 heteroatoms. The minimum absolute atomic E-state index is 0.0549. The molecule has 1 N–H and O–H groups in total. The Labute approximate surface area is 161 Å². The van der Waals surface area contributed by atoms with Crippen molar-refractivity contribution in [2.75, 3.05) is 11.9 Å². The van der Waals surface area contributed by atoms with Crippen LogP contribution in [0.15, 0.2) is 59.3 Å². The highest BCUT2D eigenvalue weighted by molar-refractivity contribution is 6.48. The van der Waals surface area contributed by atoms with Gasteiger partial charge in [0.25, 0.3) is 11.8 Å². The van der Waals surface area contributed by atoms with E-state index in [4.69, 9.17) is 27.9 Å². The van der Waals surface area contributed by atoms with Gasteiger partial charge in [-0.25, -0.2) is 0 Å². The molecule has 3 rings (SSSR count). The summed E-state index contributed by atoms with van der Waals surface area (Å²) in [5.74, 6) is -0.351. The lowest BCUT2D eigenvalue weighted by atomic mass is 10.2. The van der Waals surface area contributed by atoms with Gasteiger partial charge >= 0.3 is 0 Å². The molecule has 5 nitrogen and oxygen atoms in total. The molecular formula is C19H16Cl2N2O3. The van der Waals surface area contributed by atoms with E-state index in [1.165, 1.54) is 0 Å². The average Bonchev–Trinajstić information content (AvgIpc) is 2.82. The van der Waals surface area contributed by atoms with Gasteiger partial charge in [-0.2, -0.15) is 0 Å². The standard InChI is InChI=1S/C19H16Cl2N2O3/c1-2-26-15-5-3-4-14(10-15)22-17-16(21)18(24)23(19(17)25)11-12-6-8-13(20)9-7-12/h3-10,22H,2,11H2,1H3. The fourth-order valence-electron chi connectivity index (χ4n) is 2.55. The minimum atomic E-state index is -0.532. The molecule has 0 bridgehead atoms. The monoisotopic (exact) mass is 390 g/mol. The SMILES string of the molecule is CCOc1cccc(NC2=C(Cl)C(=O)N(Cc3ccc(Cl)cc3)C2=O)c1. The van der Waals surface area contributed by atoms with Gasteiger partial charge in [0.1, 0.15) is 16.5 Å². The molecule has 0 radical (unpaired) electrons. The van der Waals surface area contributed by atoms with Gasteiger partial charge in [-0.3, -0.25) is 14.5 Å². The van der Waals surface area contributed by atoms with Crippen LogP contribution in [0, 0.1) is 0 Å². The predicted octanol–water partition coefficient (Wildman–Crippen LogP) is 4.17. The molecule has 0 unspecified atom stereocenters. The van der Waals surface area contributed by atoms with Crippen molar-refractivity contribution in [3.05, 3.63) is 69.8 Å². The van der Waals surface area contributed by atoms with Crippen molar-refractivity contribution in [3.8, 4) is 5.75 Å². The highest BCUT2D eigenvalue weighted by atomic mass is 35.5. The Bertz CT molecular complexity index is 879. The fourth-order valence-corrected chi connectivity index (χ4v) is 2.90. The maximum absolute atomic E-state index is 12.7. The van der Waals surface area contributed by atoms with E-state index in [1.807, 2.05) is 6.92 Å². The number of anilines is 1. The molecule has 26 heavy (non-hydrogen) atoms. The van der Waals surface area contributed by atoms with Crippen LogP contribution in [-0.4, -0.2) is 23.3 Å². The topological polar surface area (TPSA) is 58.6 Å². The van der Waals surface area contributed by atoms with E-state index in [1.54, 1.807) is 48.5 Å². The summed E-state index contributed by atoms with van der Waals surface area (Å²) >= 11 is 12.0. The van der Waals surface area contributed by atoms with Crippen molar-refractivity contribution in [2.45, 2.75) is 13.5 Å². The van der Waals surface area contributed by atoms with Crippen molar-refractivity contribution in [1.82, 2.24) is 4.90 Å². The number of halogens is 2. The number of benzene rings is 2. The van der Waals surface area contributed by atoms with Gasteiger partial charge in [-0.15, -0.1) is 0 Å². The van der Waals surface area contributed by atoms with Crippen LogP contribution in [0.4, 0.5) is 5.69 Å². The van der Waals surface area contributed by atoms with Crippen LogP contribution in [0.5, 0.6) is 5.75 Å². The van der Waals surface area contributed by atoms with Gasteiger partial charge in [-0.05, 0) is 36.8 Å². The Kier molecular flexibility index (Phi) is 5.49. The highest BCUT2D eigenvalue weighted by Gasteiger charge is 2.37. The first-order chi connectivity index (χ1) is 12.5. The van der Waals surface area contributed by atoms with Crippen molar-refractivity contribution in [3.63, 3.8) is 0 Å². The van der Waals surface area contributed by atoms with Gasteiger partial charge in [-0.1, -0.05) is 41.4 Å². The molecule has 0 aliphatic carbocycles. The number of imide groups is 1. The number of hydrogen-bond acceptors (Lipinski definition) is 4. The Morgan fingerprint density at radius 2 is 1.77 bits per heavy atom. The van der Waals surface area contributed by atoms with Gasteiger partial charge in [0, 0.05) is 16.8 Å². The smallest absolute Gasteiger partial charge is 0.279 e. The highest BCUT2D eigenvalue weighted by Crippen LogP contribution is 2.28. The summed E-state index contributed by atoms with van der Waals surface area (Å²) in [6, 6.07) is 14.0. The molecule has 2 aromatic carbocycles. The molecule has 1 aliphatic heterocycles. The first kappa shape index (κ1) is 18.3. The summed E-state index contributed by atoms with van der Waals surface area (Å²) in [6.07, 6.45) is 0. The van der Waals surface area contributed by atoms with Crippen LogP contribution in [0.2, 0.25) is 5.02 Å². The van der Waals surface area contributed by atoms with Crippen molar-refractivity contribution in [2.24, 2.45) is 0 Å². The lowest BCUT2D eigenvalue weighted by Crippen LogP contribution is -2.31. The third-order valence-corrected chi connectivity index (χ3v) is 4.38. The number of ether oxygens (including phenoxy) is 1. The molecule has 2 aromatic rings. The third-order valence-electron chi connectivity index (χ3n) is 3.78. The van der Waals surface area contributed by atoms with E-state index in [2.05, 4.69) is 5.32 Å². The average molecular weight is 391 g/mol. The van der Waals surface area contributed by atoms with Gasteiger partial charge in [0.2, 0.25) is 0 Å². The molecule has 0 saturated carbocycles. The summed E-state index contributed by atoms with van der Waals surface area (Å²) < 4.78 is 5.43. The first-order valence-corrected chi connectivity index (χ1v) is 8.75. The van der Waals surface area contributed by atoms with Crippen molar-refractivity contribution >= 4 is 40.7 Å². The molecule has 134 valence electrons. The summed E-state index contributed by atoms with van der Waals surface area (Å²) in [6.45, 7) is 2.53. The second-order valence-corrected chi connectivity index (χ2v) is 6.41. The van der Waals surface area contributed by atoms with E-state index < -0.39 is 11.8 Å². The zero-order valence-electron chi connectivity index (χ0n) is 14.0. The normalized spacial score (nSPS) is 14.2. The summed E-state index contributed by atoms with van der Waals surface area (Å²) in [5.41, 5.74) is 1.44. The van der Waals surface area contributed by atoms with Gasteiger partial charge < -0.3 is 10.1 Å². The quantitative estimate of drug-likeness (QED) is 0.751. The molecule has 2 amide bonds. The van der Waals surface area contributed by atoms with Gasteiger partial charge in [0.05, 0.1) is 13.2 Å². The second kappa shape index (κ2) is 7.81. The van der Waals surface area contributed by atoms with Crippen molar-refractivity contribution in [1.29, 1.82) is 0 Å². The molecule has 0 spiro atoms. The molecular weight excluding hydrogens is 375 g/mol. The summed E-state index contributed by atoms with van der Waals surface area (Å²) in [7, 11) is 0. The maximum Gasteiger partial charge on any atom is 0.279 e. The zero-order valence-corrected chi connectivity index (χ0v) is 15.5. The fraction of sp³-hybridized carbons (Fsp3) is 0.158.